The molecule has 0 aliphatic carbocycles. The van der Waals surface area contributed by atoms with Gasteiger partial charge in [-0.3, -0.25) is 0 Å². The Hall–Kier alpha value is -2.94. The Labute approximate surface area is 191 Å². The van der Waals surface area contributed by atoms with E-state index in [4.69, 9.17) is 9.47 Å². The summed E-state index contributed by atoms with van der Waals surface area (Å²) in [5.74, 6) is 1.38. The molecule has 2 aromatic carbocycles. The minimum atomic E-state index is -4.42. The fourth-order valence-electron chi connectivity index (χ4n) is 4.23. The monoisotopic (exact) mass is 463 g/mol. The van der Waals surface area contributed by atoms with Crippen molar-refractivity contribution in [2.24, 2.45) is 0 Å². The van der Waals surface area contributed by atoms with E-state index in [0.29, 0.717) is 36.9 Å². The molecule has 2 aromatic rings. The third-order valence-electron chi connectivity index (χ3n) is 6.14. The molecule has 2 aliphatic heterocycles. The Morgan fingerprint density at radius 3 is 2.36 bits per heavy atom. The van der Waals surface area contributed by atoms with Gasteiger partial charge in [-0.05, 0) is 67.9 Å². The number of ether oxygens (including phenoxy) is 2. The molecule has 0 radical (unpaired) electrons. The van der Waals surface area contributed by atoms with Gasteiger partial charge in [0.15, 0.2) is 11.5 Å². The van der Waals surface area contributed by atoms with E-state index >= 15 is 0 Å². The first-order valence-corrected chi connectivity index (χ1v) is 11.2. The molecule has 6 nitrogen and oxygen atoms in total. The number of fused-ring (bicyclic) bond motifs is 1. The van der Waals surface area contributed by atoms with Gasteiger partial charge in [0.1, 0.15) is 13.2 Å². The molecule has 2 N–H and O–H groups in total. The maximum absolute atomic E-state index is 12.8. The Kier molecular flexibility index (Phi) is 6.97. The van der Waals surface area contributed by atoms with Crippen molar-refractivity contribution in [1.82, 2.24) is 10.2 Å². The molecule has 2 amide bonds. The van der Waals surface area contributed by atoms with Crippen LogP contribution in [-0.2, 0) is 6.18 Å². The molecule has 2 atom stereocenters. The van der Waals surface area contributed by atoms with Gasteiger partial charge in [-0.2, -0.15) is 13.2 Å². The Bertz CT molecular complexity index is 960. The third kappa shape index (κ3) is 5.90. The SMILES string of the molecule is CC(c1ccc2c(c1)OCCO2)C(CN1CCCC1)NC(=O)Nc1ccc(C(F)(F)F)cc1. The molecule has 2 aliphatic rings. The number of carbonyl (C=O) groups is 1. The lowest BCUT2D eigenvalue weighted by Gasteiger charge is -2.30. The van der Waals surface area contributed by atoms with Crippen LogP contribution in [0.2, 0.25) is 0 Å². The number of hydrogen-bond donors (Lipinski definition) is 2. The number of benzene rings is 2. The van der Waals surface area contributed by atoms with E-state index in [1.165, 1.54) is 12.1 Å². The number of likely N-dealkylation sites (tertiary alicyclic amines) is 1. The van der Waals surface area contributed by atoms with Crippen molar-refractivity contribution in [3.8, 4) is 11.5 Å². The Balaban J connectivity index is 1.46. The van der Waals surface area contributed by atoms with Crippen molar-refractivity contribution in [3.05, 3.63) is 53.6 Å². The van der Waals surface area contributed by atoms with E-state index in [0.717, 1.165) is 43.6 Å². The van der Waals surface area contributed by atoms with Crippen LogP contribution in [0.25, 0.3) is 0 Å². The molecule has 0 aromatic heterocycles. The predicted octanol–water partition coefficient (Wildman–Crippen LogP) is 4.87. The zero-order valence-electron chi connectivity index (χ0n) is 18.5. The van der Waals surface area contributed by atoms with Gasteiger partial charge in [0.25, 0.3) is 0 Å². The predicted molar refractivity (Wildman–Crippen MR) is 119 cm³/mol. The summed E-state index contributed by atoms with van der Waals surface area (Å²) in [4.78, 5) is 15.1. The van der Waals surface area contributed by atoms with E-state index in [-0.39, 0.29) is 12.0 Å². The van der Waals surface area contributed by atoms with Crippen LogP contribution < -0.4 is 20.1 Å². The van der Waals surface area contributed by atoms with Crippen molar-refractivity contribution in [3.63, 3.8) is 0 Å². The van der Waals surface area contributed by atoms with Gasteiger partial charge in [-0.15, -0.1) is 0 Å². The lowest BCUT2D eigenvalue weighted by atomic mass is 9.92. The second-order valence-electron chi connectivity index (χ2n) is 8.48. The van der Waals surface area contributed by atoms with E-state index in [9.17, 15) is 18.0 Å². The molecule has 33 heavy (non-hydrogen) atoms. The first-order chi connectivity index (χ1) is 15.8. The molecule has 0 spiro atoms. The molecule has 2 heterocycles. The Morgan fingerprint density at radius 2 is 1.70 bits per heavy atom. The molecular formula is C24H28F3N3O3. The first-order valence-electron chi connectivity index (χ1n) is 11.2. The third-order valence-corrected chi connectivity index (χ3v) is 6.14. The van der Waals surface area contributed by atoms with Crippen LogP contribution in [0.3, 0.4) is 0 Å². The van der Waals surface area contributed by atoms with E-state index in [1.807, 2.05) is 25.1 Å². The van der Waals surface area contributed by atoms with Crippen molar-refractivity contribution in [2.75, 3.05) is 38.2 Å². The molecule has 9 heteroatoms. The van der Waals surface area contributed by atoms with Crippen LogP contribution >= 0.6 is 0 Å². The normalized spacial score (nSPS) is 17.9. The highest BCUT2D eigenvalue weighted by Gasteiger charge is 2.30. The molecule has 178 valence electrons. The molecule has 0 bridgehead atoms. The summed E-state index contributed by atoms with van der Waals surface area (Å²) < 4.78 is 49.7. The fourth-order valence-corrected chi connectivity index (χ4v) is 4.23. The van der Waals surface area contributed by atoms with Crippen molar-refractivity contribution < 1.29 is 27.4 Å². The quantitative estimate of drug-likeness (QED) is 0.642. The maximum atomic E-state index is 12.8. The summed E-state index contributed by atoms with van der Waals surface area (Å²) in [5, 5.41) is 5.68. The van der Waals surface area contributed by atoms with Gasteiger partial charge < -0.3 is 25.0 Å². The van der Waals surface area contributed by atoms with Crippen LogP contribution in [0.15, 0.2) is 42.5 Å². The lowest BCUT2D eigenvalue weighted by Crippen LogP contribution is -2.47. The van der Waals surface area contributed by atoms with Gasteiger partial charge in [0.2, 0.25) is 0 Å². The van der Waals surface area contributed by atoms with Crippen molar-refractivity contribution in [1.29, 1.82) is 0 Å². The van der Waals surface area contributed by atoms with Crippen LogP contribution in [0.1, 0.15) is 36.8 Å². The highest BCUT2D eigenvalue weighted by Crippen LogP contribution is 2.34. The highest BCUT2D eigenvalue weighted by molar-refractivity contribution is 5.89. The summed E-state index contributed by atoms with van der Waals surface area (Å²) in [6, 6.07) is 9.56. The van der Waals surface area contributed by atoms with Gasteiger partial charge >= 0.3 is 12.2 Å². The van der Waals surface area contributed by atoms with Gasteiger partial charge in [-0.1, -0.05) is 13.0 Å². The summed E-state index contributed by atoms with van der Waals surface area (Å²) in [6.45, 7) is 5.70. The molecule has 0 saturated carbocycles. The van der Waals surface area contributed by atoms with Crippen molar-refractivity contribution >= 4 is 11.7 Å². The van der Waals surface area contributed by atoms with E-state index < -0.39 is 17.8 Å². The zero-order valence-corrected chi connectivity index (χ0v) is 18.5. The molecule has 2 unspecified atom stereocenters. The largest absolute Gasteiger partial charge is 0.486 e. The number of rotatable bonds is 6. The molecular weight excluding hydrogens is 435 g/mol. The number of nitrogens with one attached hydrogen (secondary N) is 2. The van der Waals surface area contributed by atoms with Crippen LogP contribution in [0.4, 0.5) is 23.7 Å². The van der Waals surface area contributed by atoms with E-state index in [2.05, 4.69) is 15.5 Å². The summed E-state index contributed by atoms with van der Waals surface area (Å²) in [6.07, 6.45) is -2.16. The van der Waals surface area contributed by atoms with Gasteiger partial charge in [0, 0.05) is 24.2 Å². The zero-order chi connectivity index (χ0) is 23.4. The van der Waals surface area contributed by atoms with Gasteiger partial charge in [-0.25, -0.2) is 4.79 Å². The Morgan fingerprint density at radius 1 is 1.03 bits per heavy atom. The topological polar surface area (TPSA) is 62.8 Å². The highest BCUT2D eigenvalue weighted by atomic mass is 19.4. The number of urea groups is 1. The number of hydrogen-bond acceptors (Lipinski definition) is 4. The number of nitrogens with zero attached hydrogens (tertiary/aromatic N) is 1. The van der Waals surface area contributed by atoms with Gasteiger partial charge in [0.05, 0.1) is 5.56 Å². The number of alkyl halides is 3. The minimum absolute atomic E-state index is 0.0280. The minimum Gasteiger partial charge on any atom is -0.486 e. The fraction of sp³-hybridized carbons (Fsp3) is 0.458. The standard InChI is InChI=1S/C24H28F3N3O3/c1-16(17-4-9-21-22(14-17)33-13-12-32-21)20(15-30-10-2-3-11-30)29-23(31)28-19-7-5-18(6-8-19)24(25,26)27/h4-9,14,16,20H,2-3,10-13,15H2,1H3,(H2,28,29,31). The summed E-state index contributed by atoms with van der Waals surface area (Å²) >= 11 is 0. The molecule has 4 rings (SSSR count). The second kappa shape index (κ2) is 9.91. The van der Waals surface area contributed by atoms with Crippen molar-refractivity contribution in [2.45, 2.75) is 37.9 Å². The number of halogens is 3. The number of carbonyl (C=O) groups excluding carboxylic acids is 1. The lowest BCUT2D eigenvalue weighted by molar-refractivity contribution is -0.137. The average molecular weight is 464 g/mol. The number of amides is 2. The second-order valence-corrected chi connectivity index (χ2v) is 8.48. The first kappa shape index (κ1) is 23.2. The summed E-state index contributed by atoms with van der Waals surface area (Å²) in [7, 11) is 0. The van der Waals surface area contributed by atoms with E-state index in [1.54, 1.807) is 0 Å². The molecule has 1 fully saturated rings. The molecule has 1 saturated heterocycles. The number of anilines is 1. The summed E-state index contributed by atoms with van der Waals surface area (Å²) in [5.41, 5.74) is 0.554. The van der Waals surface area contributed by atoms with Crippen LogP contribution in [0, 0.1) is 0 Å². The maximum Gasteiger partial charge on any atom is 0.416 e. The average Bonchev–Trinajstić information content (AvgIpc) is 3.31. The van der Waals surface area contributed by atoms with Crippen LogP contribution in [0.5, 0.6) is 11.5 Å². The smallest absolute Gasteiger partial charge is 0.416 e. The van der Waals surface area contributed by atoms with Crippen LogP contribution in [-0.4, -0.2) is 49.8 Å².